The average Bonchev–Trinajstić information content (AvgIpc) is 2.56. The molecule has 3 aliphatic carbocycles. The highest BCUT2D eigenvalue weighted by Gasteiger charge is 2.50. The lowest BCUT2D eigenvalue weighted by molar-refractivity contribution is -0.676. The third-order valence-electron chi connectivity index (χ3n) is 5.82. The van der Waals surface area contributed by atoms with Crippen LogP contribution in [0.25, 0.3) is 0 Å². The number of ether oxygens (including phenoxy) is 1. The van der Waals surface area contributed by atoms with Crippen LogP contribution in [0.1, 0.15) is 32.3 Å². The van der Waals surface area contributed by atoms with Gasteiger partial charge in [-0.3, -0.25) is 0 Å². The van der Waals surface area contributed by atoms with Gasteiger partial charge in [0.1, 0.15) is 19.2 Å². The Morgan fingerprint density at radius 3 is 2.78 bits per heavy atom. The third kappa shape index (κ3) is 3.85. The van der Waals surface area contributed by atoms with Crippen molar-refractivity contribution in [2.75, 3.05) is 19.8 Å². The molecular weight excluding hydrogens is 286 g/mol. The zero-order chi connectivity index (χ0) is 16.3. The molecule has 3 nitrogen and oxygen atoms in total. The molecule has 0 heterocycles. The van der Waals surface area contributed by atoms with Gasteiger partial charge in [0, 0.05) is 5.56 Å². The number of rotatable bonds is 8. The summed E-state index contributed by atoms with van der Waals surface area (Å²) in [6.45, 7) is 7.47. The van der Waals surface area contributed by atoms with E-state index in [1.165, 1.54) is 24.0 Å². The Labute approximate surface area is 139 Å². The van der Waals surface area contributed by atoms with E-state index in [0.717, 1.165) is 12.5 Å². The van der Waals surface area contributed by atoms with Crippen molar-refractivity contribution in [2.45, 2.75) is 39.3 Å². The van der Waals surface area contributed by atoms with E-state index in [2.05, 4.69) is 37.4 Å². The van der Waals surface area contributed by atoms with Crippen LogP contribution in [0.15, 0.2) is 42.0 Å². The lowest BCUT2D eigenvalue weighted by Crippen LogP contribution is -2.85. The standard InChI is InChI=1S/C20H29NO2/c1-20(2)17-9-8-16(19(20)10-17)13-23-14-18(22)12-21-11-15-6-4-3-5-7-15/h3-8,17-19,21-22H,9-14H2,1-2H3/p+1/t17-,18-,19-/m1/s1. The van der Waals surface area contributed by atoms with Gasteiger partial charge in [-0.05, 0) is 35.7 Å². The Bertz CT molecular complexity index is 538. The molecule has 0 spiro atoms. The Hall–Kier alpha value is -1.16. The monoisotopic (exact) mass is 316 g/mol. The number of quaternary nitrogens is 1. The van der Waals surface area contributed by atoms with E-state index in [1.807, 2.05) is 18.2 Å². The van der Waals surface area contributed by atoms with Gasteiger partial charge in [-0.15, -0.1) is 0 Å². The van der Waals surface area contributed by atoms with Crippen LogP contribution in [0.4, 0.5) is 0 Å². The largest absolute Gasteiger partial charge is 0.385 e. The molecule has 0 unspecified atom stereocenters. The molecule has 2 bridgehead atoms. The maximum Gasteiger partial charge on any atom is 0.126 e. The van der Waals surface area contributed by atoms with Crippen LogP contribution in [-0.2, 0) is 11.3 Å². The predicted octanol–water partition coefficient (Wildman–Crippen LogP) is 2.12. The smallest absolute Gasteiger partial charge is 0.126 e. The molecule has 0 aromatic heterocycles. The van der Waals surface area contributed by atoms with Crippen molar-refractivity contribution in [1.29, 1.82) is 0 Å². The first-order valence-corrected chi connectivity index (χ1v) is 8.87. The van der Waals surface area contributed by atoms with Gasteiger partial charge in [-0.2, -0.15) is 0 Å². The molecule has 1 saturated carbocycles. The molecule has 1 fully saturated rings. The zero-order valence-corrected chi connectivity index (χ0v) is 14.4. The number of hydrogen-bond donors (Lipinski definition) is 2. The van der Waals surface area contributed by atoms with Crippen LogP contribution in [0.2, 0.25) is 0 Å². The lowest BCUT2D eigenvalue weighted by atomic mass is 9.49. The molecule has 23 heavy (non-hydrogen) atoms. The molecular formula is C20H30NO2+. The number of benzene rings is 1. The van der Waals surface area contributed by atoms with Crippen LogP contribution < -0.4 is 5.32 Å². The summed E-state index contributed by atoms with van der Waals surface area (Å²) >= 11 is 0. The number of fused-ring (bicyclic) bond motifs is 1. The second-order valence-corrected chi connectivity index (χ2v) is 7.70. The molecule has 3 atom stereocenters. The van der Waals surface area contributed by atoms with E-state index in [9.17, 15) is 5.11 Å². The fourth-order valence-corrected chi connectivity index (χ4v) is 4.08. The summed E-state index contributed by atoms with van der Waals surface area (Å²) < 4.78 is 5.79. The summed E-state index contributed by atoms with van der Waals surface area (Å²) in [5.74, 6) is 1.57. The molecule has 4 rings (SSSR count). The Kier molecular flexibility index (Phi) is 5.20. The van der Waals surface area contributed by atoms with Crippen molar-refractivity contribution in [3.8, 4) is 0 Å². The maximum atomic E-state index is 10.1. The van der Waals surface area contributed by atoms with Gasteiger partial charge in [0.05, 0.1) is 13.2 Å². The summed E-state index contributed by atoms with van der Waals surface area (Å²) in [6.07, 6.45) is 4.51. The summed E-state index contributed by atoms with van der Waals surface area (Å²) in [4.78, 5) is 0. The average molecular weight is 316 g/mol. The van der Waals surface area contributed by atoms with E-state index in [-0.39, 0.29) is 0 Å². The fraction of sp³-hybridized carbons (Fsp3) is 0.600. The highest BCUT2D eigenvalue weighted by Crippen LogP contribution is 2.59. The van der Waals surface area contributed by atoms with Crippen LogP contribution in [0.5, 0.6) is 0 Å². The molecule has 126 valence electrons. The Morgan fingerprint density at radius 1 is 1.30 bits per heavy atom. The summed E-state index contributed by atoms with van der Waals surface area (Å²) in [5.41, 5.74) is 3.20. The van der Waals surface area contributed by atoms with Crippen molar-refractivity contribution < 1.29 is 15.2 Å². The van der Waals surface area contributed by atoms with Gasteiger partial charge in [0.25, 0.3) is 0 Å². The van der Waals surface area contributed by atoms with Gasteiger partial charge < -0.3 is 15.2 Å². The Morgan fingerprint density at radius 2 is 2.09 bits per heavy atom. The molecule has 1 aromatic rings. The fourth-order valence-electron chi connectivity index (χ4n) is 4.08. The minimum atomic E-state index is -0.398. The zero-order valence-electron chi connectivity index (χ0n) is 14.4. The van der Waals surface area contributed by atoms with Gasteiger partial charge >= 0.3 is 0 Å². The maximum absolute atomic E-state index is 10.1. The molecule has 3 aliphatic rings. The van der Waals surface area contributed by atoms with Gasteiger partial charge in [-0.25, -0.2) is 0 Å². The van der Waals surface area contributed by atoms with Gasteiger partial charge in [-0.1, -0.05) is 50.3 Å². The summed E-state index contributed by atoms with van der Waals surface area (Å²) in [6, 6.07) is 10.4. The SMILES string of the molecule is CC1(C)[C@@H]2CC=C(COC[C@H](O)C[NH2+]Cc3ccccc3)[C@H]1C2. The first-order chi connectivity index (χ1) is 11.1. The van der Waals surface area contributed by atoms with Crippen molar-refractivity contribution in [3.05, 3.63) is 47.5 Å². The Balaban J connectivity index is 1.32. The molecule has 0 aliphatic heterocycles. The summed E-state index contributed by atoms with van der Waals surface area (Å²) in [5, 5.41) is 12.2. The number of aliphatic hydroxyl groups is 1. The van der Waals surface area contributed by atoms with E-state index in [0.29, 0.717) is 31.1 Å². The van der Waals surface area contributed by atoms with Crippen molar-refractivity contribution in [1.82, 2.24) is 0 Å². The number of nitrogens with two attached hydrogens (primary N) is 1. The quantitative estimate of drug-likeness (QED) is 0.722. The third-order valence-corrected chi connectivity index (χ3v) is 5.82. The van der Waals surface area contributed by atoms with E-state index < -0.39 is 6.10 Å². The minimum Gasteiger partial charge on any atom is -0.385 e. The first-order valence-electron chi connectivity index (χ1n) is 8.87. The second-order valence-electron chi connectivity index (χ2n) is 7.70. The first kappa shape index (κ1) is 16.7. The molecule has 3 N–H and O–H groups in total. The van der Waals surface area contributed by atoms with Crippen LogP contribution in [0, 0.1) is 17.3 Å². The molecule has 0 saturated heterocycles. The number of allylic oxidation sites excluding steroid dienone is 1. The lowest BCUT2D eigenvalue weighted by Gasteiger charge is -2.56. The van der Waals surface area contributed by atoms with Crippen LogP contribution >= 0.6 is 0 Å². The van der Waals surface area contributed by atoms with Crippen molar-refractivity contribution in [3.63, 3.8) is 0 Å². The number of hydrogen-bond acceptors (Lipinski definition) is 2. The van der Waals surface area contributed by atoms with E-state index >= 15 is 0 Å². The van der Waals surface area contributed by atoms with Crippen LogP contribution in [-0.4, -0.2) is 31.0 Å². The van der Waals surface area contributed by atoms with Crippen molar-refractivity contribution in [2.24, 2.45) is 17.3 Å². The van der Waals surface area contributed by atoms with E-state index in [4.69, 9.17) is 4.74 Å². The molecule has 0 radical (unpaired) electrons. The number of aliphatic hydroxyl groups excluding tert-OH is 1. The molecule has 3 heteroatoms. The highest BCUT2D eigenvalue weighted by molar-refractivity contribution is 5.23. The topological polar surface area (TPSA) is 46.1 Å². The van der Waals surface area contributed by atoms with Crippen LogP contribution in [0.3, 0.4) is 0 Å². The second kappa shape index (κ2) is 7.16. The highest BCUT2D eigenvalue weighted by atomic mass is 16.5. The normalized spacial score (nSPS) is 26.3. The van der Waals surface area contributed by atoms with E-state index in [1.54, 1.807) is 0 Å². The molecule has 0 amide bonds. The minimum absolute atomic E-state index is 0.398. The van der Waals surface area contributed by atoms with Gasteiger partial charge in [0.2, 0.25) is 0 Å². The predicted molar refractivity (Wildman–Crippen MR) is 91.8 cm³/mol. The summed E-state index contributed by atoms with van der Waals surface area (Å²) in [7, 11) is 0. The van der Waals surface area contributed by atoms with Crippen molar-refractivity contribution >= 4 is 0 Å². The molecule has 1 aromatic carbocycles. The van der Waals surface area contributed by atoms with Gasteiger partial charge in [0.15, 0.2) is 0 Å².